The van der Waals surface area contributed by atoms with Crippen LogP contribution in [0, 0.1) is 0 Å². The maximum Gasteiger partial charge on any atom is 0.135 e. The van der Waals surface area contributed by atoms with Crippen LogP contribution in [0.2, 0.25) is 0 Å². The highest BCUT2D eigenvalue weighted by atomic mass is 16.3. The lowest BCUT2D eigenvalue weighted by Crippen LogP contribution is -1.90. The molecule has 1 aromatic heterocycles. The lowest BCUT2D eigenvalue weighted by molar-refractivity contribution is 0.669. The van der Waals surface area contributed by atoms with E-state index in [-0.39, 0.29) is 11.1 Å². The lowest BCUT2D eigenvalue weighted by atomic mass is 9.86. The summed E-state index contributed by atoms with van der Waals surface area (Å²) in [5.74, 6) is 0. The molecule has 0 spiro atoms. The Morgan fingerprint density at radius 2 is 0.778 bits per heavy atom. The van der Waals surface area contributed by atoms with Crippen LogP contribution < -0.4 is 0 Å². The molecule has 9 aromatic rings. The summed E-state index contributed by atoms with van der Waals surface area (Å²) >= 11 is 0. The molecule has 0 bridgehead atoms. The Morgan fingerprint density at radius 1 is 0.333 bits per heavy atom. The summed E-state index contributed by atoms with van der Waals surface area (Å²) in [6.45, 7) is 0. The molecule has 0 aliphatic rings. The van der Waals surface area contributed by atoms with E-state index < -0.39 is 147 Å². The van der Waals surface area contributed by atoms with E-state index in [4.69, 9.17) is 19.5 Å². The Morgan fingerprint density at radius 3 is 1.31 bits per heavy atom. The van der Waals surface area contributed by atoms with Crippen LogP contribution in [0.25, 0.3) is 88.0 Å². The Balaban J connectivity index is 1.42. The molecule has 0 aliphatic heterocycles. The van der Waals surface area contributed by atoms with Crippen LogP contribution in [0.3, 0.4) is 0 Å². The Bertz CT molecular complexity index is 3350. The molecule has 0 saturated carbocycles. The molecule has 1 heteroatoms. The van der Waals surface area contributed by atoms with Gasteiger partial charge in [-0.25, -0.2) is 0 Å². The van der Waals surface area contributed by atoms with Crippen molar-refractivity contribution < 1.29 is 27.7 Å². The molecule has 0 atom stereocenters. The van der Waals surface area contributed by atoms with E-state index in [1.165, 1.54) is 0 Å². The van der Waals surface area contributed by atoms with Crippen molar-refractivity contribution in [3.05, 3.63) is 169 Å². The predicted octanol–water partition coefficient (Wildman–Crippen LogP) is 12.6. The second-order valence-electron chi connectivity index (χ2n) is 10.4. The maximum absolute atomic E-state index is 9.48. The van der Waals surface area contributed by atoms with Crippen LogP contribution in [0.4, 0.5) is 0 Å². The molecule has 0 radical (unpaired) electrons. The first-order valence-electron chi connectivity index (χ1n) is 22.5. The molecule has 0 aliphatic carbocycles. The van der Waals surface area contributed by atoms with Crippen molar-refractivity contribution in [2.24, 2.45) is 0 Å². The minimum absolute atomic E-state index is 0.132. The van der Waals surface area contributed by atoms with Crippen LogP contribution >= 0.6 is 0 Å². The number of furan rings is 1. The second-order valence-corrected chi connectivity index (χ2v) is 10.4. The van der Waals surface area contributed by atoms with Gasteiger partial charge in [-0.1, -0.05) is 145 Å². The fraction of sp³-hybridized carbons (Fsp3) is 0. The van der Waals surface area contributed by atoms with Gasteiger partial charge in [0.1, 0.15) is 11.2 Å². The molecular formula is C44H28O. The van der Waals surface area contributed by atoms with Crippen molar-refractivity contribution in [2.45, 2.75) is 0 Å². The fourth-order valence-electron chi connectivity index (χ4n) is 5.82. The Labute approximate surface area is 285 Å². The van der Waals surface area contributed by atoms with Gasteiger partial charge in [-0.2, -0.15) is 0 Å². The van der Waals surface area contributed by atoms with Crippen molar-refractivity contribution in [3.63, 3.8) is 0 Å². The maximum atomic E-state index is 9.48. The van der Waals surface area contributed by atoms with Crippen molar-refractivity contribution in [2.75, 3.05) is 0 Å². The van der Waals surface area contributed by atoms with Gasteiger partial charge >= 0.3 is 0 Å². The van der Waals surface area contributed by atoms with E-state index in [0.29, 0.717) is 16.6 Å². The van der Waals surface area contributed by atoms with Crippen LogP contribution in [0.5, 0.6) is 0 Å². The van der Waals surface area contributed by atoms with Gasteiger partial charge in [0.25, 0.3) is 0 Å². The first kappa shape index (κ1) is 13.8. The van der Waals surface area contributed by atoms with E-state index in [1.807, 2.05) is 48.5 Å². The fourth-order valence-corrected chi connectivity index (χ4v) is 5.82. The third kappa shape index (κ3) is 4.24. The zero-order chi connectivity index (χ0) is 44.5. The van der Waals surface area contributed by atoms with E-state index in [1.54, 1.807) is 18.2 Å². The van der Waals surface area contributed by atoms with Crippen LogP contribution in [0.1, 0.15) is 23.3 Å². The van der Waals surface area contributed by atoms with E-state index >= 15 is 0 Å². The van der Waals surface area contributed by atoms with Gasteiger partial charge in [0.05, 0.1) is 23.3 Å². The van der Waals surface area contributed by atoms with Gasteiger partial charge < -0.3 is 4.42 Å². The van der Waals surface area contributed by atoms with Crippen molar-refractivity contribution in [1.82, 2.24) is 0 Å². The largest absolute Gasteiger partial charge is 0.456 e. The second kappa shape index (κ2) is 10.4. The number of hydrogen-bond acceptors (Lipinski definition) is 1. The van der Waals surface area contributed by atoms with Gasteiger partial charge in [0.2, 0.25) is 0 Å². The zero-order valence-corrected chi connectivity index (χ0v) is 23.3. The summed E-state index contributed by atoms with van der Waals surface area (Å²) in [6, 6.07) is 7.20. The van der Waals surface area contributed by atoms with Crippen LogP contribution in [-0.4, -0.2) is 0 Å². The van der Waals surface area contributed by atoms with Crippen molar-refractivity contribution in [1.29, 1.82) is 0 Å². The molecule has 9 rings (SSSR count). The zero-order valence-electron chi connectivity index (χ0n) is 40.3. The molecule has 0 N–H and O–H groups in total. The number of benzene rings is 8. The average Bonchev–Trinajstić information content (AvgIpc) is 3.64. The van der Waals surface area contributed by atoms with Gasteiger partial charge in [0.15, 0.2) is 0 Å². The molecule has 1 heterocycles. The quantitative estimate of drug-likeness (QED) is 0.186. The Kier molecular flexibility index (Phi) is 3.18. The highest BCUT2D eigenvalue weighted by Gasteiger charge is 2.16. The molecule has 210 valence electrons. The van der Waals surface area contributed by atoms with Gasteiger partial charge in [-0.15, -0.1) is 0 Å². The molecular weight excluding hydrogens is 544 g/mol. The Hall–Kier alpha value is -5.92. The first-order valence-corrected chi connectivity index (χ1v) is 14.0. The molecule has 1 nitrogen and oxygen atoms in total. The van der Waals surface area contributed by atoms with E-state index in [2.05, 4.69) is 0 Å². The summed E-state index contributed by atoms with van der Waals surface area (Å²) in [5.41, 5.74) is 0.934. The third-order valence-electron chi connectivity index (χ3n) is 7.87. The van der Waals surface area contributed by atoms with Gasteiger partial charge in [-0.3, -0.25) is 0 Å². The van der Waals surface area contributed by atoms with E-state index in [9.17, 15) is 8.22 Å². The van der Waals surface area contributed by atoms with Gasteiger partial charge in [0, 0.05) is 10.8 Å². The van der Waals surface area contributed by atoms with Crippen molar-refractivity contribution in [3.8, 4) is 44.5 Å². The average molecular weight is 590 g/mol. The number of hydrogen-bond donors (Lipinski definition) is 0. The van der Waals surface area contributed by atoms with Gasteiger partial charge in [-0.05, 0) is 90.3 Å². The van der Waals surface area contributed by atoms with Crippen LogP contribution in [-0.2, 0) is 0 Å². The molecule has 0 fully saturated rings. The molecule has 45 heavy (non-hydrogen) atoms. The highest BCUT2D eigenvalue weighted by Crippen LogP contribution is 2.44. The topological polar surface area (TPSA) is 13.1 Å². The summed E-state index contributed by atoms with van der Waals surface area (Å²) < 4.78 is 158. The van der Waals surface area contributed by atoms with Crippen molar-refractivity contribution >= 4 is 43.5 Å². The highest BCUT2D eigenvalue weighted by molar-refractivity contribution is 6.21. The number of rotatable bonds is 4. The minimum atomic E-state index is -0.824. The SMILES string of the molecule is [2H]c1c([2H])c([2H])c(-c2c3c([2H])c([2H])c([2H])c([2H])c3c(-c3c([2H])c([2H])c(-c4ccc5oc6ccc(-c7ccccc7)cc6c5c4)c([2H])c3[2H])c3c([2H])c([2H])c([2H])c([2H])c23)c([2H])c1[2H]. The molecule has 0 amide bonds. The lowest BCUT2D eigenvalue weighted by Gasteiger charge is -2.18. The standard InChI is InChI=1S/C44H28O/c1-3-11-29(12-4-1)33-23-25-41-39(27-33)40-28-34(24-26-42(40)45-41)30-19-21-32(22-20-30)44-37-17-9-7-15-35(37)43(31-13-5-2-6-14-31)36-16-8-10-18-38(36)44/h1-28H/i2D,5D,6D,7D,8D,9D,10D,13D,14D,15D,16D,17D,18D,19D,20D,21D,22D. The molecule has 8 aromatic carbocycles. The van der Waals surface area contributed by atoms with Crippen LogP contribution in [0.15, 0.2) is 174 Å². The minimum Gasteiger partial charge on any atom is -0.456 e. The monoisotopic (exact) mass is 589 g/mol. The summed E-state index contributed by atoms with van der Waals surface area (Å²) in [6.07, 6.45) is 0. The smallest absolute Gasteiger partial charge is 0.135 e. The molecule has 0 unspecified atom stereocenters. The van der Waals surface area contributed by atoms with E-state index in [0.717, 1.165) is 16.5 Å². The predicted molar refractivity (Wildman–Crippen MR) is 190 cm³/mol. The summed E-state index contributed by atoms with van der Waals surface area (Å²) in [5, 5.41) is -0.696. The first-order chi connectivity index (χ1) is 29.4. The summed E-state index contributed by atoms with van der Waals surface area (Å²) in [4.78, 5) is 0. The normalized spacial score (nSPS) is 16.8. The summed E-state index contributed by atoms with van der Waals surface area (Å²) in [7, 11) is 0. The molecule has 0 saturated heterocycles. The third-order valence-corrected chi connectivity index (χ3v) is 7.87. The number of fused-ring (bicyclic) bond motifs is 5.